The normalized spacial score (nSPS) is 10.7. The number of benzene rings is 2. The maximum atomic E-state index is 13.3. The zero-order valence-corrected chi connectivity index (χ0v) is 11.8. The van der Waals surface area contributed by atoms with Gasteiger partial charge < -0.3 is 5.11 Å². The highest BCUT2D eigenvalue weighted by Gasteiger charge is 2.20. The Balaban J connectivity index is 2.08. The quantitative estimate of drug-likeness (QED) is 0.803. The van der Waals surface area contributed by atoms with Crippen LogP contribution in [0.25, 0.3) is 11.3 Å². The molecule has 0 atom stereocenters. The van der Waals surface area contributed by atoms with Crippen molar-refractivity contribution < 1.29 is 18.7 Å². The van der Waals surface area contributed by atoms with Crippen molar-refractivity contribution in [2.24, 2.45) is 0 Å². The zero-order chi connectivity index (χ0) is 16.4. The highest BCUT2D eigenvalue weighted by atomic mass is 19.1. The first-order valence-electron chi connectivity index (χ1n) is 6.72. The summed E-state index contributed by atoms with van der Waals surface area (Å²) in [6.45, 7) is -0.000806. The molecule has 2 aromatic carbocycles. The van der Waals surface area contributed by atoms with Crippen LogP contribution in [0.15, 0.2) is 48.5 Å². The molecule has 0 spiro atoms. The summed E-state index contributed by atoms with van der Waals surface area (Å²) in [5.74, 6) is -2.64. The first-order valence-corrected chi connectivity index (χ1v) is 6.72. The van der Waals surface area contributed by atoms with E-state index in [2.05, 4.69) is 10.3 Å². The summed E-state index contributed by atoms with van der Waals surface area (Å²) in [5, 5.41) is 16.7. The van der Waals surface area contributed by atoms with E-state index in [1.807, 2.05) is 0 Å². The highest BCUT2D eigenvalue weighted by Crippen LogP contribution is 2.23. The SMILES string of the molecule is O=C(O)c1nnn(Cc2cc(F)cc(F)c2)c1-c1ccccc1. The summed E-state index contributed by atoms with van der Waals surface area (Å²) in [7, 11) is 0. The average molecular weight is 315 g/mol. The molecule has 3 aromatic rings. The topological polar surface area (TPSA) is 68.0 Å². The molecule has 0 saturated heterocycles. The number of nitrogens with zero attached hydrogens (tertiary/aromatic N) is 3. The van der Waals surface area contributed by atoms with Gasteiger partial charge in [0.15, 0.2) is 5.69 Å². The number of rotatable bonds is 4. The zero-order valence-electron chi connectivity index (χ0n) is 11.8. The van der Waals surface area contributed by atoms with Crippen LogP contribution in [-0.4, -0.2) is 26.1 Å². The molecular weight excluding hydrogens is 304 g/mol. The highest BCUT2D eigenvalue weighted by molar-refractivity contribution is 5.92. The van der Waals surface area contributed by atoms with Crippen LogP contribution in [0.5, 0.6) is 0 Å². The number of carbonyl (C=O) groups is 1. The third kappa shape index (κ3) is 3.08. The molecule has 0 fully saturated rings. The van der Waals surface area contributed by atoms with Crippen molar-refractivity contribution in [1.29, 1.82) is 0 Å². The molecule has 0 amide bonds. The van der Waals surface area contributed by atoms with E-state index >= 15 is 0 Å². The van der Waals surface area contributed by atoms with Crippen molar-refractivity contribution in [3.63, 3.8) is 0 Å². The Morgan fingerprint density at radius 3 is 2.35 bits per heavy atom. The van der Waals surface area contributed by atoms with Gasteiger partial charge in [0.25, 0.3) is 0 Å². The molecule has 1 aromatic heterocycles. The first kappa shape index (κ1) is 14.8. The number of aromatic carboxylic acids is 1. The van der Waals surface area contributed by atoms with Crippen molar-refractivity contribution in [3.05, 3.63) is 71.4 Å². The number of halogens is 2. The van der Waals surface area contributed by atoms with Crippen LogP contribution in [0.4, 0.5) is 8.78 Å². The predicted molar refractivity (Wildman–Crippen MR) is 77.9 cm³/mol. The lowest BCUT2D eigenvalue weighted by Gasteiger charge is -2.08. The van der Waals surface area contributed by atoms with Crippen LogP contribution < -0.4 is 0 Å². The Bertz CT molecular complexity index is 843. The van der Waals surface area contributed by atoms with Gasteiger partial charge in [-0.25, -0.2) is 18.3 Å². The van der Waals surface area contributed by atoms with Gasteiger partial charge in [0, 0.05) is 11.6 Å². The Kier molecular flexibility index (Phi) is 3.84. The second-order valence-corrected chi connectivity index (χ2v) is 4.89. The number of hydrogen-bond donors (Lipinski definition) is 1. The fourth-order valence-electron chi connectivity index (χ4n) is 2.32. The molecule has 23 heavy (non-hydrogen) atoms. The van der Waals surface area contributed by atoms with Gasteiger partial charge in [-0.1, -0.05) is 35.5 Å². The molecule has 0 unspecified atom stereocenters. The maximum absolute atomic E-state index is 13.3. The second kappa shape index (κ2) is 5.96. The minimum absolute atomic E-state index is 0.000806. The van der Waals surface area contributed by atoms with Crippen molar-refractivity contribution in [3.8, 4) is 11.3 Å². The fraction of sp³-hybridized carbons (Fsp3) is 0.0625. The second-order valence-electron chi connectivity index (χ2n) is 4.89. The summed E-state index contributed by atoms with van der Waals surface area (Å²) < 4.78 is 27.9. The van der Waals surface area contributed by atoms with Gasteiger partial charge in [-0.2, -0.15) is 0 Å². The van der Waals surface area contributed by atoms with Crippen LogP contribution in [0.2, 0.25) is 0 Å². The number of carboxylic acid groups (broad SMARTS) is 1. The lowest BCUT2D eigenvalue weighted by Crippen LogP contribution is -2.06. The lowest BCUT2D eigenvalue weighted by molar-refractivity contribution is 0.0691. The molecule has 0 radical (unpaired) electrons. The molecule has 5 nitrogen and oxygen atoms in total. The van der Waals surface area contributed by atoms with Gasteiger partial charge >= 0.3 is 5.97 Å². The average Bonchev–Trinajstić information content (AvgIpc) is 2.91. The molecule has 7 heteroatoms. The van der Waals surface area contributed by atoms with Gasteiger partial charge in [0.05, 0.1) is 6.54 Å². The summed E-state index contributed by atoms with van der Waals surface area (Å²) in [6.07, 6.45) is 0. The standard InChI is InChI=1S/C16H11F2N3O2/c17-12-6-10(7-13(18)8-12)9-21-15(11-4-2-1-3-5-11)14(16(22)23)19-20-21/h1-8H,9H2,(H,22,23). The van der Waals surface area contributed by atoms with E-state index in [4.69, 9.17) is 0 Å². The summed E-state index contributed by atoms with van der Waals surface area (Å²) in [6, 6.07) is 11.8. The van der Waals surface area contributed by atoms with Crippen LogP contribution in [0.3, 0.4) is 0 Å². The third-order valence-electron chi connectivity index (χ3n) is 3.24. The van der Waals surface area contributed by atoms with Gasteiger partial charge in [0.1, 0.15) is 17.3 Å². The molecule has 0 aliphatic heterocycles. The van der Waals surface area contributed by atoms with E-state index in [1.54, 1.807) is 30.3 Å². The van der Waals surface area contributed by atoms with Gasteiger partial charge in [0.2, 0.25) is 0 Å². The van der Waals surface area contributed by atoms with Crippen LogP contribution in [-0.2, 0) is 6.54 Å². The van der Waals surface area contributed by atoms with Crippen molar-refractivity contribution in [2.75, 3.05) is 0 Å². The van der Waals surface area contributed by atoms with Crippen molar-refractivity contribution in [1.82, 2.24) is 15.0 Å². The number of aromatic nitrogens is 3. The summed E-state index contributed by atoms with van der Waals surface area (Å²) in [5.41, 5.74) is 0.990. The van der Waals surface area contributed by atoms with E-state index in [9.17, 15) is 18.7 Å². The van der Waals surface area contributed by atoms with Crippen LogP contribution in [0, 0.1) is 11.6 Å². The molecule has 0 bridgehead atoms. The van der Waals surface area contributed by atoms with Gasteiger partial charge in [-0.3, -0.25) is 0 Å². The first-order chi connectivity index (χ1) is 11.0. The molecule has 0 saturated carbocycles. The smallest absolute Gasteiger partial charge is 0.358 e. The molecule has 1 heterocycles. The maximum Gasteiger partial charge on any atom is 0.358 e. The lowest BCUT2D eigenvalue weighted by atomic mass is 10.1. The molecular formula is C16H11F2N3O2. The Hall–Kier alpha value is -3.09. The van der Waals surface area contributed by atoms with E-state index in [0.29, 0.717) is 11.1 Å². The number of hydrogen-bond acceptors (Lipinski definition) is 3. The monoisotopic (exact) mass is 315 g/mol. The Morgan fingerprint density at radius 1 is 1.09 bits per heavy atom. The molecule has 116 valence electrons. The molecule has 0 aliphatic rings. The molecule has 3 rings (SSSR count). The van der Waals surface area contributed by atoms with Gasteiger partial charge in [-0.05, 0) is 17.7 Å². The van der Waals surface area contributed by atoms with Crippen LogP contribution >= 0.6 is 0 Å². The third-order valence-corrected chi connectivity index (χ3v) is 3.24. The predicted octanol–water partition coefficient (Wildman–Crippen LogP) is 2.97. The van der Waals surface area contributed by atoms with Crippen molar-refractivity contribution in [2.45, 2.75) is 6.54 Å². The van der Waals surface area contributed by atoms with E-state index < -0.39 is 17.6 Å². The van der Waals surface area contributed by atoms with Crippen molar-refractivity contribution >= 4 is 5.97 Å². The van der Waals surface area contributed by atoms with Gasteiger partial charge in [-0.15, -0.1) is 5.10 Å². The Morgan fingerprint density at radius 2 is 1.74 bits per heavy atom. The largest absolute Gasteiger partial charge is 0.476 e. The minimum atomic E-state index is -1.22. The van der Waals surface area contributed by atoms with Crippen LogP contribution in [0.1, 0.15) is 16.1 Å². The molecule has 0 aliphatic carbocycles. The fourth-order valence-corrected chi connectivity index (χ4v) is 2.32. The summed E-state index contributed by atoms with van der Waals surface area (Å²) in [4.78, 5) is 11.3. The number of carboxylic acids is 1. The van der Waals surface area contributed by atoms with E-state index in [-0.39, 0.29) is 17.9 Å². The summed E-state index contributed by atoms with van der Waals surface area (Å²) >= 11 is 0. The molecule has 1 N–H and O–H groups in total. The van der Waals surface area contributed by atoms with E-state index in [0.717, 1.165) is 6.07 Å². The Labute approximate surface area is 129 Å². The minimum Gasteiger partial charge on any atom is -0.476 e. The van der Waals surface area contributed by atoms with E-state index in [1.165, 1.54) is 16.8 Å².